The molecule has 0 spiro atoms. The third-order valence-electron chi connectivity index (χ3n) is 2.48. The molecule has 0 radical (unpaired) electrons. The number of hydrogen-bond donors (Lipinski definition) is 0. The Balaban J connectivity index is 2.23. The molecule has 0 aliphatic heterocycles. The predicted octanol–water partition coefficient (Wildman–Crippen LogP) is 4.98. The smallest absolute Gasteiger partial charge is 0.343 e. The second-order valence-corrected chi connectivity index (χ2v) is 5.51. The van der Waals surface area contributed by atoms with Gasteiger partial charge in [-0.25, -0.2) is 4.79 Å². The Morgan fingerprint density at radius 2 is 1.80 bits per heavy atom. The number of hydrogen-bond acceptors (Lipinski definition) is 3. The number of carbonyl (C=O) groups excluding carboxylic acids is 1. The zero-order valence-electron chi connectivity index (χ0n) is 10.3. The molecule has 2 aromatic rings. The zero-order chi connectivity index (χ0) is 14.7. The maximum Gasteiger partial charge on any atom is 0.343 e. The number of rotatable bonds is 3. The topological polar surface area (TPSA) is 35.5 Å². The predicted molar refractivity (Wildman–Crippen MR) is 82.1 cm³/mol. The summed E-state index contributed by atoms with van der Waals surface area (Å²) in [6, 6.07) is 9.68. The van der Waals surface area contributed by atoms with E-state index in [4.69, 9.17) is 32.7 Å². The van der Waals surface area contributed by atoms with Crippen molar-refractivity contribution in [3.05, 3.63) is 56.5 Å². The van der Waals surface area contributed by atoms with Gasteiger partial charge < -0.3 is 9.47 Å². The first-order valence-corrected chi connectivity index (χ1v) is 7.07. The molecule has 0 bridgehead atoms. The summed E-state index contributed by atoms with van der Waals surface area (Å²) in [5.74, 6) is 0.377. The molecular formula is C14H9BrCl2O3. The lowest BCUT2D eigenvalue weighted by Gasteiger charge is -2.09. The van der Waals surface area contributed by atoms with Crippen LogP contribution < -0.4 is 9.47 Å². The van der Waals surface area contributed by atoms with Gasteiger partial charge in [0.25, 0.3) is 0 Å². The quantitative estimate of drug-likeness (QED) is 0.560. The third kappa shape index (κ3) is 3.45. The monoisotopic (exact) mass is 374 g/mol. The minimum absolute atomic E-state index is 0.233. The van der Waals surface area contributed by atoms with Gasteiger partial charge in [-0.2, -0.15) is 0 Å². The molecule has 2 aromatic carbocycles. The minimum Gasteiger partial charge on any atom is -0.497 e. The lowest BCUT2D eigenvalue weighted by atomic mass is 10.2. The van der Waals surface area contributed by atoms with Crippen LogP contribution in [0.5, 0.6) is 11.5 Å². The summed E-state index contributed by atoms with van der Waals surface area (Å²) in [7, 11) is 1.55. The maximum absolute atomic E-state index is 12.0. The molecule has 0 saturated heterocycles. The highest BCUT2D eigenvalue weighted by Crippen LogP contribution is 2.36. The fourth-order valence-corrected chi connectivity index (χ4v) is 2.82. The molecule has 20 heavy (non-hydrogen) atoms. The molecule has 0 saturated carbocycles. The minimum atomic E-state index is -0.516. The number of esters is 1. The van der Waals surface area contributed by atoms with E-state index in [0.717, 1.165) is 0 Å². The average molecular weight is 376 g/mol. The lowest BCUT2D eigenvalue weighted by molar-refractivity contribution is 0.0733. The van der Waals surface area contributed by atoms with Gasteiger partial charge in [0, 0.05) is 5.02 Å². The van der Waals surface area contributed by atoms with Crippen molar-refractivity contribution in [3.63, 3.8) is 0 Å². The molecule has 3 nitrogen and oxygen atoms in total. The van der Waals surface area contributed by atoms with Crippen LogP contribution in [0.25, 0.3) is 0 Å². The highest BCUT2D eigenvalue weighted by Gasteiger charge is 2.15. The number of halogens is 3. The highest BCUT2D eigenvalue weighted by atomic mass is 79.9. The van der Waals surface area contributed by atoms with E-state index in [0.29, 0.717) is 20.8 Å². The van der Waals surface area contributed by atoms with Crippen molar-refractivity contribution in [2.75, 3.05) is 7.11 Å². The van der Waals surface area contributed by atoms with E-state index in [1.807, 2.05) is 0 Å². The summed E-state index contributed by atoms with van der Waals surface area (Å²) in [5, 5.41) is 0.706. The van der Waals surface area contributed by atoms with Crippen LogP contribution in [0, 0.1) is 0 Å². The fraction of sp³-hybridized carbons (Fsp3) is 0.0714. The van der Waals surface area contributed by atoms with E-state index in [-0.39, 0.29) is 10.8 Å². The van der Waals surface area contributed by atoms with E-state index >= 15 is 0 Å². The van der Waals surface area contributed by atoms with Crippen LogP contribution in [0.15, 0.2) is 40.9 Å². The van der Waals surface area contributed by atoms with Gasteiger partial charge in [0.2, 0.25) is 0 Å². The Bertz CT molecular complexity index is 618. The number of ether oxygens (including phenoxy) is 2. The molecule has 0 fully saturated rings. The molecule has 6 heteroatoms. The summed E-state index contributed by atoms with van der Waals surface area (Å²) in [6.45, 7) is 0. The van der Waals surface area contributed by atoms with Crippen molar-refractivity contribution in [3.8, 4) is 11.5 Å². The van der Waals surface area contributed by atoms with E-state index < -0.39 is 5.97 Å². The van der Waals surface area contributed by atoms with Gasteiger partial charge in [0.05, 0.1) is 22.2 Å². The van der Waals surface area contributed by atoms with Gasteiger partial charge in [0.15, 0.2) is 5.75 Å². The van der Waals surface area contributed by atoms with Gasteiger partial charge in [-0.05, 0) is 52.3 Å². The highest BCUT2D eigenvalue weighted by molar-refractivity contribution is 9.10. The SMILES string of the molecule is COc1ccc(C(=O)Oc2c(Cl)cc(Cl)cc2Br)cc1. The summed E-state index contributed by atoms with van der Waals surface area (Å²) in [5.41, 5.74) is 0.392. The van der Waals surface area contributed by atoms with Gasteiger partial charge in [-0.15, -0.1) is 0 Å². The average Bonchev–Trinajstić information content (AvgIpc) is 2.42. The maximum atomic E-state index is 12.0. The van der Waals surface area contributed by atoms with Gasteiger partial charge in [-0.1, -0.05) is 23.2 Å². The Morgan fingerprint density at radius 1 is 1.15 bits per heavy atom. The van der Waals surface area contributed by atoms with Crippen LogP contribution in [-0.2, 0) is 0 Å². The van der Waals surface area contributed by atoms with Crippen LogP contribution in [0.4, 0.5) is 0 Å². The summed E-state index contributed by atoms with van der Waals surface area (Å²) in [6.07, 6.45) is 0. The molecule has 0 aliphatic rings. The van der Waals surface area contributed by atoms with Crippen LogP contribution in [-0.4, -0.2) is 13.1 Å². The molecular weight excluding hydrogens is 367 g/mol. The Kier molecular flexibility index (Phi) is 4.91. The van der Waals surface area contributed by atoms with Crippen LogP contribution >= 0.6 is 39.1 Å². The van der Waals surface area contributed by atoms with Gasteiger partial charge in [-0.3, -0.25) is 0 Å². The summed E-state index contributed by atoms with van der Waals surface area (Å²) < 4.78 is 10.8. The molecule has 0 aliphatic carbocycles. The van der Waals surface area contributed by atoms with Gasteiger partial charge in [0.1, 0.15) is 5.75 Å². The zero-order valence-corrected chi connectivity index (χ0v) is 13.4. The Morgan fingerprint density at radius 3 is 2.35 bits per heavy atom. The van der Waals surface area contributed by atoms with Crippen molar-refractivity contribution >= 4 is 45.1 Å². The first-order chi connectivity index (χ1) is 9.51. The molecule has 0 atom stereocenters. The molecule has 0 unspecified atom stereocenters. The van der Waals surface area contributed by atoms with Crippen molar-refractivity contribution in [2.24, 2.45) is 0 Å². The fourth-order valence-electron chi connectivity index (χ4n) is 1.51. The number of benzene rings is 2. The molecule has 0 heterocycles. The number of carbonyl (C=O) groups is 1. The van der Waals surface area contributed by atoms with Crippen LogP contribution in [0.3, 0.4) is 0 Å². The number of methoxy groups -OCH3 is 1. The molecule has 104 valence electrons. The first kappa shape index (κ1) is 15.2. The van der Waals surface area contributed by atoms with E-state index in [9.17, 15) is 4.79 Å². The molecule has 0 N–H and O–H groups in total. The largest absolute Gasteiger partial charge is 0.497 e. The standard InChI is InChI=1S/C14H9BrCl2O3/c1-19-10-4-2-8(3-5-10)14(18)20-13-11(15)6-9(16)7-12(13)17/h2-7H,1H3. The van der Waals surface area contributed by atoms with E-state index in [1.54, 1.807) is 37.4 Å². The Hall–Kier alpha value is -1.23. The van der Waals surface area contributed by atoms with Crippen molar-refractivity contribution in [1.82, 2.24) is 0 Å². The van der Waals surface area contributed by atoms with E-state index in [1.165, 1.54) is 6.07 Å². The molecule has 2 rings (SSSR count). The molecule has 0 aromatic heterocycles. The second-order valence-electron chi connectivity index (χ2n) is 3.82. The lowest BCUT2D eigenvalue weighted by Crippen LogP contribution is -2.09. The summed E-state index contributed by atoms with van der Waals surface area (Å²) >= 11 is 15.1. The second kappa shape index (κ2) is 6.48. The van der Waals surface area contributed by atoms with Crippen molar-refractivity contribution < 1.29 is 14.3 Å². The van der Waals surface area contributed by atoms with E-state index in [2.05, 4.69) is 15.9 Å². The van der Waals surface area contributed by atoms with Crippen molar-refractivity contribution in [2.45, 2.75) is 0 Å². The van der Waals surface area contributed by atoms with Gasteiger partial charge >= 0.3 is 5.97 Å². The van der Waals surface area contributed by atoms with Crippen LogP contribution in [0.1, 0.15) is 10.4 Å². The third-order valence-corrected chi connectivity index (χ3v) is 3.57. The molecule has 0 amide bonds. The summed E-state index contributed by atoms with van der Waals surface area (Å²) in [4.78, 5) is 12.0. The van der Waals surface area contributed by atoms with Crippen molar-refractivity contribution in [1.29, 1.82) is 0 Å². The Labute approximate surface area is 134 Å². The first-order valence-electron chi connectivity index (χ1n) is 5.52. The normalized spacial score (nSPS) is 10.2. The van der Waals surface area contributed by atoms with Crippen LogP contribution in [0.2, 0.25) is 10.0 Å².